The Morgan fingerprint density at radius 3 is 2.81 bits per heavy atom. The molecule has 2 aliphatic heterocycles. The second kappa shape index (κ2) is 4.19. The molecule has 1 aromatic carbocycles. The first kappa shape index (κ1) is 10.3. The van der Waals surface area contributed by atoms with Crippen molar-refractivity contribution >= 4 is 0 Å². The van der Waals surface area contributed by atoms with E-state index < -0.39 is 0 Å². The third kappa shape index (κ3) is 1.66. The van der Waals surface area contributed by atoms with E-state index in [1.54, 1.807) is 0 Å². The maximum atomic E-state index is 5.66. The van der Waals surface area contributed by atoms with Gasteiger partial charge in [0.05, 0.1) is 6.61 Å². The number of hydrogen-bond acceptors (Lipinski definition) is 2. The van der Waals surface area contributed by atoms with E-state index in [1.807, 2.05) is 0 Å². The molecule has 0 amide bonds. The summed E-state index contributed by atoms with van der Waals surface area (Å²) in [5.74, 6) is 0.630. The minimum Gasteiger partial charge on any atom is -0.381 e. The summed E-state index contributed by atoms with van der Waals surface area (Å²) in [6.45, 7) is 4.15. The molecule has 1 spiro atoms. The van der Waals surface area contributed by atoms with Crippen molar-refractivity contribution in [2.24, 2.45) is 5.41 Å². The van der Waals surface area contributed by atoms with Crippen LogP contribution in [-0.2, 0) is 4.74 Å². The van der Waals surface area contributed by atoms with Crippen molar-refractivity contribution in [2.75, 3.05) is 26.3 Å². The van der Waals surface area contributed by atoms with E-state index >= 15 is 0 Å². The van der Waals surface area contributed by atoms with Crippen LogP contribution >= 0.6 is 0 Å². The standard InChI is InChI=1S/C14H19NO/c1-2-4-12(5-3-1)13-10-15-8-6-14(13)7-9-16-11-14/h1-5,13,15H,6-11H2. The first-order valence-corrected chi connectivity index (χ1v) is 6.24. The fourth-order valence-corrected chi connectivity index (χ4v) is 3.23. The quantitative estimate of drug-likeness (QED) is 0.778. The van der Waals surface area contributed by atoms with Crippen LogP contribution in [-0.4, -0.2) is 26.3 Å². The molecule has 1 aromatic rings. The maximum absolute atomic E-state index is 5.66. The molecule has 2 saturated heterocycles. The smallest absolute Gasteiger partial charge is 0.0530 e. The van der Waals surface area contributed by atoms with Gasteiger partial charge in [-0.2, -0.15) is 0 Å². The second-order valence-corrected chi connectivity index (χ2v) is 5.08. The van der Waals surface area contributed by atoms with Gasteiger partial charge in [-0.25, -0.2) is 0 Å². The van der Waals surface area contributed by atoms with Crippen molar-refractivity contribution in [1.29, 1.82) is 0 Å². The van der Waals surface area contributed by atoms with Crippen LogP contribution < -0.4 is 5.32 Å². The van der Waals surface area contributed by atoms with Crippen molar-refractivity contribution in [3.8, 4) is 0 Å². The Morgan fingerprint density at radius 2 is 2.06 bits per heavy atom. The molecule has 2 aliphatic rings. The third-order valence-corrected chi connectivity index (χ3v) is 4.22. The second-order valence-electron chi connectivity index (χ2n) is 5.08. The first-order valence-electron chi connectivity index (χ1n) is 6.24. The minimum absolute atomic E-state index is 0.409. The van der Waals surface area contributed by atoms with Gasteiger partial charge in [0.2, 0.25) is 0 Å². The Labute approximate surface area is 97.0 Å². The van der Waals surface area contributed by atoms with E-state index in [-0.39, 0.29) is 0 Å². The highest BCUT2D eigenvalue weighted by molar-refractivity contribution is 5.24. The average molecular weight is 217 g/mol. The van der Waals surface area contributed by atoms with Gasteiger partial charge in [-0.15, -0.1) is 0 Å². The third-order valence-electron chi connectivity index (χ3n) is 4.22. The van der Waals surface area contributed by atoms with Gasteiger partial charge in [0.1, 0.15) is 0 Å². The van der Waals surface area contributed by atoms with E-state index in [2.05, 4.69) is 35.6 Å². The highest BCUT2D eigenvalue weighted by Gasteiger charge is 2.44. The van der Waals surface area contributed by atoms with E-state index in [0.29, 0.717) is 11.3 Å². The molecule has 3 rings (SSSR count). The molecule has 0 aromatic heterocycles. The number of rotatable bonds is 1. The van der Waals surface area contributed by atoms with Crippen LogP contribution in [0.15, 0.2) is 30.3 Å². The Morgan fingerprint density at radius 1 is 1.19 bits per heavy atom. The maximum Gasteiger partial charge on any atom is 0.0530 e. The van der Waals surface area contributed by atoms with Gasteiger partial charge >= 0.3 is 0 Å². The summed E-state index contributed by atoms with van der Waals surface area (Å²) < 4.78 is 5.66. The Hall–Kier alpha value is -0.860. The molecule has 2 heterocycles. The summed E-state index contributed by atoms with van der Waals surface area (Å²) in [6.07, 6.45) is 2.49. The summed E-state index contributed by atoms with van der Waals surface area (Å²) in [4.78, 5) is 0. The van der Waals surface area contributed by atoms with Crippen LogP contribution in [0.5, 0.6) is 0 Å². The monoisotopic (exact) mass is 217 g/mol. The molecular weight excluding hydrogens is 198 g/mol. The average Bonchev–Trinajstić information content (AvgIpc) is 2.80. The fraction of sp³-hybridized carbons (Fsp3) is 0.571. The topological polar surface area (TPSA) is 21.3 Å². The van der Waals surface area contributed by atoms with Crippen molar-refractivity contribution in [1.82, 2.24) is 5.32 Å². The molecule has 16 heavy (non-hydrogen) atoms. The van der Waals surface area contributed by atoms with Crippen molar-refractivity contribution in [3.05, 3.63) is 35.9 Å². The molecular formula is C14H19NO. The number of hydrogen-bond donors (Lipinski definition) is 1. The molecule has 2 heteroatoms. The van der Waals surface area contributed by atoms with Gasteiger partial charge in [0.25, 0.3) is 0 Å². The SMILES string of the molecule is c1ccc(C2CNCCC23CCOC3)cc1. The largest absolute Gasteiger partial charge is 0.381 e. The highest BCUT2D eigenvalue weighted by atomic mass is 16.5. The zero-order valence-electron chi connectivity index (χ0n) is 9.61. The normalized spacial score (nSPS) is 34.4. The molecule has 2 nitrogen and oxygen atoms in total. The van der Waals surface area contributed by atoms with E-state index in [0.717, 1.165) is 26.3 Å². The molecule has 0 bridgehead atoms. The van der Waals surface area contributed by atoms with Gasteiger partial charge in [0.15, 0.2) is 0 Å². The van der Waals surface area contributed by atoms with E-state index in [9.17, 15) is 0 Å². The van der Waals surface area contributed by atoms with Gasteiger partial charge in [0, 0.05) is 24.5 Å². The fourth-order valence-electron chi connectivity index (χ4n) is 3.23. The zero-order chi connectivity index (χ0) is 10.8. The number of piperidine rings is 1. The summed E-state index contributed by atoms with van der Waals surface area (Å²) in [6, 6.07) is 10.9. The lowest BCUT2D eigenvalue weighted by Crippen LogP contribution is -2.44. The Kier molecular flexibility index (Phi) is 2.70. The molecule has 0 saturated carbocycles. The summed E-state index contributed by atoms with van der Waals surface area (Å²) in [5.41, 5.74) is 1.88. The van der Waals surface area contributed by atoms with Crippen LogP contribution in [0, 0.1) is 5.41 Å². The Bertz CT molecular complexity index is 343. The molecule has 2 fully saturated rings. The highest BCUT2D eigenvalue weighted by Crippen LogP contribution is 2.46. The van der Waals surface area contributed by atoms with Crippen LogP contribution in [0.4, 0.5) is 0 Å². The van der Waals surface area contributed by atoms with Gasteiger partial charge in [-0.1, -0.05) is 30.3 Å². The van der Waals surface area contributed by atoms with Crippen LogP contribution in [0.1, 0.15) is 24.3 Å². The van der Waals surface area contributed by atoms with Crippen molar-refractivity contribution < 1.29 is 4.74 Å². The molecule has 0 aliphatic carbocycles. The number of benzene rings is 1. The minimum atomic E-state index is 0.409. The summed E-state index contributed by atoms with van der Waals surface area (Å²) in [5, 5.41) is 3.53. The predicted molar refractivity (Wildman–Crippen MR) is 64.5 cm³/mol. The van der Waals surface area contributed by atoms with Gasteiger partial charge in [-0.05, 0) is 24.9 Å². The van der Waals surface area contributed by atoms with Crippen LogP contribution in [0.25, 0.3) is 0 Å². The lowest BCUT2D eigenvalue weighted by molar-refractivity contribution is 0.110. The van der Waals surface area contributed by atoms with Crippen molar-refractivity contribution in [2.45, 2.75) is 18.8 Å². The molecule has 1 N–H and O–H groups in total. The van der Waals surface area contributed by atoms with E-state index in [4.69, 9.17) is 4.74 Å². The van der Waals surface area contributed by atoms with Crippen molar-refractivity contribution in [3.63, 3.8) is 0 Å². The number of ether oxygens (including phenoxy) is 1. The summed E-state index contributed by atoms with van der Waals surface area (Å²) >= 11 is 0. The molecule has 2 unspecified atom stereocenters. The predicted octanol–water partition coefficient (Wildman–Crippen LogP) is 2.17. The number of nitrogens with one attached hydrogen (secondary N) is 1. The molecule has 0 radical (unpaired) electrons. The Balaban J connectivity index is 1.91. The molecule has 2 atom stereocenters. The first-order chi connectivity index (χ1) is 7.91. The summed E-state index contributed by atoms with van der Waals surface area (Å²) in [7, 11) is 0. The molecule has 86 valence electrons. The lowest BCUT2D eigenvalue weighted by Gasteiger charge is -2.41. The lowest BCUT2D eigenvalue weighted by atomic mass is 9.67. The van der Waals surface area contributed by atoms with Gasteiger partial charge < -0.3 is 10.1 Å². The van der Waals surface area contributed by atoms with Crippen LogP contribution in [0.3, 0.4) is 0 Å². The van der Waals surface area contributed by atoms with E-state index in [1.165, 1.54) is 18.4 Å². The zero-order valence-corrected chi connectivity index (χ0v) is 9.61. The van der Waals surface area contributed by atoms with Crippen LogP contribution in [0.2, 0.25) is 0 Å². The van der Waals surface area contributed by atoms with Gasteiger partial charge in [-0.3, -0.25) is 0 Å².